The van der Waals surface area contributed by atoms with Crippen molar-refractivity contribution in [3.05, 3.63) is 35.4 Å². The fourth-order valence-corrected chi connectivity index (χ4v) is 3.22. The minimum atomic E-state index is -0.227. The van der Waals surface area contributed by atoms with Gasteiger partial charge >= 0.3 is 0 Å². The molecule has 3 rings (SSSR count). The molecule has 7 nitrogen and oxygen atoms in total. The highest BCUT2D eigenvalue weighted by atomic mass is 35.5. The van der Waals surface area contributed by atoms with Crippen molar-refractivity contribution in [3.8, 4) is 17.2 Å². The molecule has 0 atom stereocenters. The van der Waals surface area contributed by atoms with Crippen LogP contribution in [0.5, 0.6) is 17.2 Å². The first kappa shape index (κ1) is 19.2. The van der Waals surface area contributed by atoms with Crippen molar-refractivity contribution in [3.63, 3.8) is 0 Å². The Kier molecular flexibility index (Phi) is 5.98. The van der Waals surface area contributed by atoms with E-state index in [0.717, 1.165) is 0 Å². The zero-order valence-corrected chi connectivity index (χ0v) is 16.4. The number of methoxy groups -OCH3 is 3. The number of benzene rings is 2. The molecule has 1 amide bonds. The van der Waals surface area contributed by atoms with Crippen LogP contribution in [0, 0.1) is 0 Å². The third-order valence-corrected chi connectivity index (χ3v) is 4.67. The third kappa shape index (κ3) is 4.40. The molecule has 0 aliphatic rings. The first-order valence-electron chi connectivity index (χ1n) is 7.82. The molecule has 0 radical (unpaired) electrons. The lowest BCUT2D eigenvalue weighted by Crippen LogP contribution is -2.14. The maximum Gasteiger partial charge on any atom is 0.257 e. The molecule has 1 aromatic heterocycles. The van der Waals surface area contributed by atoms with Crippen LogP contribution in [0.3, 0.4) is 0 Å². The van der Waals surface area contributed by atoms with Gasteiger partial charge in [-0.2, -0.15) is 0 Å². The van der Waals surface area contributed by atoms with Crippen LogP contribution < -0.4 is 19.5 Å². The van der Waals surface area contributed by atoms with Gasteiger partial charge in [0.25, 0.3) is 5.22 Å². The highest BCUT2D eigenvalue weighted by Crippen LogP contribution is 2.40. The molecule has 0 saturated carbocycles. The van der Waals surface area contributed by atoms with Gasteiger partial charge in [-0.1, -0.05) is 23.4 Å². The third-order valence-electron chi connectivity index (χ3n) is 3.61. The van der Waals surface area contributed by atoms with Gasteiger partial charge in [0, 0.05) is 22.8 Å². The predicted molar refractivity (Wildman–Crippen MR) is 104 cm³/mol. The monoisotopic (exact) mass is 408 g/mol. The molecule has 142 valence electrons. The number of thioether (sulfide) groups is 1. The zero-order chi connectivity index (χ0) is 19.4. The lowest BCUT2D eigenvalue weighted by Gasteiger charge is -2.14. The molecule has 0 bridgehead atoms. The lowest BCUT2D eigenvalue weighted by molar-refractivity contribution is -0.113. The number of aromatic nitrogens is 1. The fraction of sp³-hybridized carbons (Fsp3) is 0.222. The molecule has 0 unspecified atom stereocenters. The second-order valence-electron chi connectivity index (χ2n) is 5.34. The number of anilines is 1. The number of amides is 1. The van der Waals surface area contributed by atoms with Crippen LogP contribution in [0.25, 0.3) is 11.1 Å². The summed E-state index contributed by atoms with van der Waals surface area (Å²) in [4.78, 5) is 16.6. The Bertz CT molecular complexity index is 951. The van der Waals surface area contributed by atoms with Crippen LogP contribution in [0.4, 0.5) is 5.69 Å². The van der Waals surface area contributed by atoms with Crippen molar-refractivity contribution in [1.29, 1.82) is 0 Å². The molecule has 1 N–H and O–H groups in total. The minimum Gasteiger partial charge on any atom is -0.493 e. The molecule has 0 fully saturated rings. The van der Waals surface area contributed by atoms with Crippen molar-refractivity contribution in [2.75, 3.05) is 32.4 Å². The van der Waals surface area contributed by atoms with Crippen molar-refractivity contribution in [2.24, 2.45) is 0 Å². The van der Waals surface area contributed by atoms with Gasteiger partial charge in [-0.05, 0) is 18.2 Å². The molecule has 0 spiro atoms. The Morgan fingerprint density at radius 3 is 2.48 bits per heavy atom. The summed E-state index contributed by atoms with van der Waals surface area (Å²) in [7, 11) is 4.54. The number of fused-ring (bicyclic) bond motifs is 1. The van der Waals surface area contributed by atoms with Gasteiger partial charge in [-0.25, -0.2) is 4.98 Å². The maximum atomic E-state index is 12.3. The molecule has 2 aromatic carbocycles. The predicted octanol–water partition coefficient (Wildman–Crippen LogP) is 4.24. The van der Waals surface area contributed by atoms with E-state index in [0.29, 0.717) is 44.3 Å². The van der Waals surface area contributed by atoms with E-state index in [2.05, 4.69) is 10.3 Å². The average molecular weight is 409 g/mol. The summed E-state index contributed by atoms with van der Waals surface area (Å²) in [5.74, 6) is 1.26. The Morgan fingerprint density at radius 2 is 1.85 bits per heavy atom. The Labute approximate surface area is 164 Å². The molecule has 1 heterocycles. The second kappa shape index (κ2) is 8.41. The Hall–Kier alpha value is -2.58. The Balaban J connectivity index is 1.68. The van der Waals surface area contributed by atoms with E-state index in [1.54, 1.807) is 30.3 Å². The van der Waals surface area contributed by atoms with E-state index in [-0.39, 0.29) is 11.7 Å². The molecular weight excluding hydrogens is 392 g/mol. The molecule has 0 aliphatic heterocycles. The van der Waals surface area contributed by atoms with Gasteiger partial charge in [0.2, 0.25) is 11.7 Å². The van der Waals surface area contributed by atoms with E-state index < -0.39 is 0 Å². The van der Waals surface area contributed by atoms with Gasteiger partial charge in [-0.15, -0.1) is 0 Å². The SMILES string of the molecule is COc1cc(NC(=O)CSc2nc3cc(Cl)ccc3o2)cc(OC)c1OC. The van der Waals surface area contributed by atoms with Crippen LogP contribution >= 0.6 is 23.4 Å². The average Bonchev–Trinajstić information content (AvgIpc) is 3.07. The van der Waals surface area contributed by atoms with Crippen molar-refractivity contribution in [2.45, 2.75) is 5.22 Å². The maximum absolute atomic E-state index is 12.3. The van der Waals surface area contributed by atoms with E-state index >= 15 is 0 Å². The molecule has 0 aliphatic carbocycles. The number of carbonyl (C=O) groups excluding carboxylic acids is 1. The van der Waals surface area contributed by atoms with Gasteiger partial charge in [-0.3, -0.25) is 4.79 Å². The summed E-state index contributed by atoms with van der Waals surface area (Å²) >= 11 is 7.12. The smallest absolute Gasteiger partial charge is 0.257 e. The molecule has 0 saturated heterocycles. The highest BCUT2D eigenvalue weighted by Gasteiger charge is 2.15. The van der Waals surface area contributed by atoms with E-state index in [1.165, 1.54) is 33.1 Å². The van der Waals surface area contributed by atoms with Crippen molar-refractivity contribution >= 4 is 46.1 Å². The first-order chi connectivity index (χ1) is 13.0. The summed E-state index contributed by atoms with van der Waals surface area (Å²) in [6.45, 7) is 0. The number of halogens is 1. The molecule has 27 heavy (non-hydrogen) atoms. The lowest BCUT2D eigenvalue weighted by atomic mass is 10.2. The van der Waals surface area contributed by atoms with E-state index in [1.807, 2.05) is 0 Å². The number of oxazole rings is 1. The van der Waals surface area contributed by atoms with Crippen LogP contribution in [0.2, 0.25) is 5.02 Å². The van der Waals surface area contributed by atoms with Crippen LogP contribution in [-0.2, 0) is 4.79 Å². The van der Waals surface area contributed by atoms with Gasteiger partial charge < -0.3 is 23.9 Å². The molecule has 9 heteroatoms. The van der Waals surface area contributed by atoms with Gasteiger partial charge in [0.05, 0.1) is 27.1 Å². The standard InChI is InChI=1S/C18H17ClN2O5S/c1-23-14-7-11(8-15(24-2)17(14)25-3)20-16(22)9-27-18-21-12-6-10(19)4-5-13(12)26-18/h4-8H,9H2,1-3H3,(H,20,22). The summed E-state index contributed by atoms with van der Waals surface area (Å²) in [6, 6.07) is 8.49. The van der Waals surface area contributed by atoms with Crippen LogP contribution in [-0.4, -0.2) is 38.0 Å². The number of nitrogens with zero attached hydrogens (tertiary/aromatic N) is 1. The summed E-state index contributed by atoms with van der Waals surface area (Å²) in [6.07, 6.45) is 0. The van der Waals surface area contributed by atoms with Crippen molar-refractivity contribution in [1.82, 2.24) is 4.98 Å². The largest absolute Gasteiger partial charge is 0.493 e. The summed E-state index contributed by atoms with van der Waals surface area (Å²) in [5, 5.41) is 3.76. The highest BCUT2D eigenvalue weighted by molar-refractivity contribution is 7.99. The quantitative estimate of drug-likeness (QED) is 0.585. The summed E-state index contributed by atoms with van der Waals surface area (Å²) in [5.41, 5.74) is 1.79. The molecule has 3 aromatic rings. The van der Waals surface area contributed by atoms with Gasteiger partial charge in [0.15, 0.2) is 17.1 Å². The fourth-order valence-electron chi connectivity index (χ4n) is 2.42. The summed E-state index contributed by atoms with van der Waals surface area (Å²) < 4.78 is 21.4. The number of carbonyl (C=O) groups is 1. The second-order valence-corrected chi connectivity index (χ2v) is 6.71. The van der Waals surface area contributed by atoms with E-state index in [4.69, 9.17) is 30.2 Å². The number of hydrogen-bond acceptors (Lipinski definition) is 7. The first-order valence-corrected chi connectivity index (χ1v) is 9.19. The Morgan fingerprint density at radius 1 is 1.15 bits per heavy atom. The number of nitrogens with one attached hydrogen (secondary N) is 1. The topological polar surface area (TPSA) is 82.8 Å². The number of ether oxygens (including phenoxy) is 3. The van der Waals surface area contributed by atoms with Crippen LogP contribution in [0.1, 0.15) is 0 Å². The minimum absolute atomic E-state index is 0.122. The van der Waals surface area contributed by atoms with Crippen molar-refractivity contribution < 1.29 is 23.4 Å². The zero-order valence-electron chi connectivity index (χ0n) is 14.9. The van der Waals surface area contributed by atoms with E-state index in [9.17, 15) is 4.79 Å². The normalized spacial score (nSPS) is 10.7. The van der Waals surface area contributed by atoms with Crippen LogP contribution in [0.15, 0.2) is 40.0 Å². The molecular formula is C18H17ClN2O5S. The number of hydrogen-bond donors (Lipinski definition) is 1. The number of rotatable bonds is 7. The van der Waals surface area contributed by atoms with Gasteiger partial charge in [0.1, 0.15) is 5.52 Å².